The first-order valence-corrected chi connectivity index (χ1v) is 15.2. The number of rotatable bonds is 9. The molecule has 9 heteroatoms. The molecule has 4 N–H and O–H groups in total. The van der Waals surface area contributed by atoms with E-state index in [1.54, 1.807) is 0 Å². The van der Waals surface area contributed by atoms with Crippen molar-refractivity contribution in [1.29, 1.82) is 0 Å². The van der Waals surface area contributed by atoms with Gasteiger partial charge in [-0.25, -0.2) is 4.98 Å². The Morgan fingerprint density at radius 3 is 2.65 bits per heavy atom. The van der Waals surface area contributed by atoms with Gasteiger partial charge < -0.3 is 30.6 Å². The number of carbonyl (C=O) groups is 2. The SMILES string of the molecule is CN1CCOc2cc(-c3ccc(C[C@@H](N)CC(=O)N4CCC[C@@H](c5nc6ccccc6n5CCC(N)=O)C4)cc3)ccc21. The van der Waals surface area contributed by atoms with E-state index in [9.17, 15) is 9.59 Å². The molecule has 0 bridgehead atoms. The van der Waals surface area contributed by atoms with E-state index in [-0.39, 0.29) is 30.2 Å². The number of piperidine rings is 1. The lowest BCUT2D eigenvalue weighted by Crippen LogP contribution is -2.42. The smallest absolute Gasteiger partial charge is 0.224 e. The number of para-hydroxylation sites is 2. The van der Waals surface area contributed by atoms with E-state index in [0.29, 0.717) is 32.5 Å². The van der Waals surface area contributed by atoms with Crippen LogP contribution in [0, 0.1) is 0 Å². The third-order valence-corrected chi connectivity index (χ3v) is 8.68. The van der Waals surface area contributed by atoms with Gasteiger partial charge in [0.1, 0.15) is 18.2 Å². The summed E-state index contributed by atoms with van der Waals surface area (Å²) in [6, 6.07) is 22.4. The molecule has 1 saturated heterocycles. The molecule has 3 aromatic carbocycles. The molecule has 2 atom stereocenters. The average Bonchev–Trinajstić information content (AvgIpc) is 3.39. The molecule has 2 aliphatic heterocycles. The number of imidazole rings is 1. The molecule has 0 aliphatic carbocycles. The largest absolute Gasteiger partial charge is 0.490 e. The van der Waals surface area contributed by atoms with E-state index in [1.807, 2.05) is 29.2 Å². The van der Waals surface area contributed by atoms with E-state index < -0.39 is 0 Å². The van der Waals surface area contributed by atoms with Crippen LogP contribution in [0.5, 0.6) is 5.75 Å². The lowest BCUT2D eigenvalue weighted by molar-refractivity contribution is -0.132. The van der Waals surface area contributed by atoms with Gasteiger partial charge in [0, 0.05) is 51.5 Å². The van der Waals surface area contributed by atoms with E-state index >= 15 is 0 Å². The first-order chi connectivity index (χ1) is 20.9. The number of hydrogen-bond donors (Lipinski definition) is 2. The summed E-state index contributed by atoms with van der Waals surface area (Å²) in [4.78, 5) is 34.0. The second-order valence-electron chi connectivity index (χ2n) is 11.8. The summed E-state index contributed by atoms with van der Waals surface area (Å²) in [7, 11) is 2.08. The van der Waals surface area contributed by atoms with Crippen LogP contribution in [-0.2, 0) is 22.6 Å². The van der Waals surface area contributed by atoms with E-state index in [2.05, 4.69) is 59.0 Å². The minimum absolute atomic E-state index is 0.0765. The molecule has 0 radical (unpaired) electrons. The Labute approximate surface area is 252 Å². The topological polar surface area (TPSA) is 120 Å². The number of nitrogens with zero attached hydrogens (tertiary/aromatic N) is 4. The molecule has 224 valence electrons. The third-order valence-electron chi connectivity index (χ3n) is 8.68. The van der Waals surface area contributed by atoms with Gasteiger partial charge in [-0.05, 0) is 60.2 Å². The van der Waals surface area contributed by atoms with Crippen LogP contribution in [-0.4, -0.2) is 65.6 Å². The number of likely N-dealkylation sites (N-methyl/N-ethyl adjacent to an activating group) is 1. The van der Waals surface area contributed by atoms with E-state index in [4.69, 9.17) is 21.2 Å². The maximum atomic E-state index is 13.4. The predicted octanol–water partition coefficient (Wildman–Crippen LogP) is 4.07. The zero-order valence-electron chi connectivity index (χ0n) is 24.7. The molecule has 43 heavy (non-hydrogen) atoms. The van der Waals surface area contributed by atoms with Gasteiger partial charge in [-0.1, -0.05) is 42.5 Å². The van der Waals surface area contributed by atoms with Crippen molar-refractivity contribution in [2.75, 3.05) is 38.2 Å². The van der Waals surface area contributed by atoms with Crippen LogP contribution >= 0.6 is 0 Å². The fraction of sp³-hybridized carbons (Fsp3) is 0.382. The number of nitrogens with two attached hydrogens (primary N) is 2. The zero-order valence-corrected chi connectivity index (χ0v) is 24.7. The standard InChI is InChI=1S/C34H40N6O3/c1-38-17-18-43-31-20-25(12-13-30(31)38)24-10-8-23(9-11-24)19-27(35)21-33(42)39-15-4-5-26(22-39)34-37-28-6-2-3-7-29(28)40(34)16-14-32(36)41/h2-3,6-13,20,26-27H,4-5,14-19,21-22,35H2,1H3,(H2,36,41)/t26-,27-/m1/s1. The Bertz CT molecular complexity index is 1610. The second-order valence-corrected chi connectivity index (χ2v) is 11.8. The van der Waals surface area contributed by atoms with Crippen molar-refractivity contribution in [3.8, 4) is 16.9 Å². The maximum absolute atomic E-state index is 13.4. The van der Waals surface area contributed by atoms with Crippen molar-refractivity contribution in [1.82, 2.24) is 14.5 Å². The maximum Gasteiger partial charge on any atom is 0.224 e. The number of hydrogen-bond acceptors (Lipinski definition) is 6. The highest BCUT2D eigenvalue weighted by molar-refractivity contribution is 5.78. The summed E-state index contributed by atoms with van der Waals surface area (Å²) in [5.74, 6) is 1.67. The highest BCUT2D eigenvalue weighted by atomic mass is 16.5. The van der Waals surface area contributed by atoms with Gasteiger partial charge in [0.25, 0.3) is 0 Å². The first kappa shape index (κ1) is 28.7. The third kappa shape index (κ3) is 6.37. The Morgan fingerprint density at radius 2 is 1.84 bits per heavy atom. The van der Waals surface area contributed by atoms with Crippen molar-refractivity contribution >= 4 is 28.5 Å². The number of fused-ring (bicyclic) bond motifs is 2. The van der Waals surface area contributed by atoms with Gasteiger partial charge in [-0.3, -0.25) is 9.59 Å². The Morgan fingerprint density at radius 1 is 1.05 bits per heavy atom. The van der Waals surface area contributed by atoms with Crippen molar-refractivity contribution in [2.45, 2.75) is 50.6 Å². The number of ether oxygens (including phenoxy) is 1. The zero-order chi connectivity index (χ0) is 29.9. The molecule has 0 spiro atoms. The predicted molar refractivity (Wildman–Crippen MR) is 169 cm³/mol. The quantitative estimate of drug-likeness (QED) is 0.308. The molecule has 1 aromatic heterocycles. The highest BCUT2D eigenvalue weighted by Crippen LogP contribution is 2.35. The van der Waals surface area contributed by atoms with Gasteiger partial charge in [-0.15, -0.1) is 0 Å². The number of aryl methyl sites for hydroxylation is 1. The molecule has 2 amide bonds. The molecule has 9 nitrogen and oxygen atoms in total. The molecular weight excluding hydrogens is 540 g/mol. The molecule has 3 heterocycles. The summed E-state index contributed by atoms with van der Waals surface area (Å²) >= 11 is 0. The molecule has 0 unspecified atom stereocenters. The summed E-state index contributed by atoms with van der Waals surface area (Å²) in [6.07, 6.45) is 3.01. The van der Waals surface area contributed by atoms with Crippen molar-refractivity contribution < 1.29 is 14.3 Å². The van der Waals surface area contributed by atoms with Gasteiger partial charge in [-0.2, -0.15) is 0 Å². The van der Waals surface area contributed by atoms with Gasteiger partial charge >= 0.3 is 0 Å². The molecule has 0 saturated carbocycles. The number of carbonyl (C=O) groups excluding carboxylic acids is 2. The van der Waals surface area contributed by atoms with Gasteiger partial charge in [0.2, 0.25) is 11.8 Å². The minimum Gasteiger partial charge on any atom is -0.490 e. The number of amides is 2. The first-order valence-electron chi connectivity index (χ1n) is 15.2. The summed E-state index contributed by atoms with van der Waals surface area (Å²) in [5.41, 5.74) is 18.3. The lowest BCUT2D eigenvalue weighted by atomic mass is 9.95. The monoisotopic (exact) mass is 580 g/mol. The molecule has 2 aliphatic rings. The van der Waals surface area contributed by atoms with Crippen LogP contribution in [0.15, 0.2) is 66.7 Å². The second kappa shape index (κ2) is 12.5. The van der Waals surface area contributed by atoms with Crippen LogP contribution in [0.1, 0.15) is 43.0 Å². The van der Waals surface area contributed by atoms with Crippen LogP contribution in [0.2, 0.25) is 0 Å². The van der Waals surface area contributed by atoms with E-state index in [0.717, 1.165) is 70.9 Å². The Kier molecular flexibility index (Phi) is 8.33. The number of aromatic nitrogens is 2. The van der Waals surface area contributed by atoms with Crippen LogP contribution in [0.4, 0.5) is 5.69 Å². The Hall–Kier alpha value is -4.37. The summed E-state index contributed by atoms with van der Waals surface area (Å²) in [5, 5.41) is 0. The number of primary amides is 1. The Balaban J connectivity index is 1.08. The number of benzene rings is 3. The van der Waals surface area contributed by atoms with Gasteiger partial charge in [0.15, 0.2) is 0 Å². The molecular formula is C34H40N6O3. The van der Waals surface area contributed by atoms with Crippen LogP contribution in [0.25, 0.3) is 22.2 Å². The molecule has 6 rings (SSSR count). The average molecular weight is 581 g/mol. The number of anilines is 1. The summed E-state index contributed by atoms with van der Waals surface area (Å²) < 4.78 is 7.98. The summed E-state index contributed by atoms with van der Waals surface area (Å²) in [6.45, 7) is 3.39. The fourth-order valence-electron chi connectivity index (χ4n) is 6.38. The molecule has 4 aromatic rings. The van der Waals surface area contributed by atoms with Crippen molar-refractivity contribution in [3.63, 3.8) is 0 Å². The lowest BCUT2D eigenvalue weighted by Gasteiger charge is -2.33. The normalized spacial score (nSPS) is 17.4. The molecule has 1 fully saturated rings. The van der Waals surface area contributed by atoms with Crippen LogP contribution < -0.4 is 21.1 Å². The van der Waals surface area contributed by atoms with E-state index in [1.165, 1.54) is 0 Å². The van der Waals surface area contributed by atoms with Crippen molar-refractivity contribution in [3.05, 3.63) is 78.1 Å². The number of likely N-dealkylation sites (tertiary alicyclic amines) is 1. The minimum atomic E-state index is -0.339. The van der Waals surface area contributed by atoms with Crippen molar-refractivity contribution in [2.24, 2.45) is 11.5 Å². The van der Waals surface area contributed by atoms with Crippen LogP contribution in [0.3, 0.4) is 0 Å². The fourth-order valence-corrected chi connectivity index (χ4v) is 6.38. The van der Waals surface area contributed by atoms with Gasteiger partial charge in [0.05, 0.1) is 23.3 Å². The highest BCUT2D eigenvalue weighted by Gasteiger charge is 2.29.